The number of piperazine rings is 1. The van der Waals surface area contributed by atoms with Crippen LogP contribution in [0.1, 0.15) is 39.2 Å². The third-order valence-corrected chi connectivity index (χ3v) is 8.28. The molecule has 1 N–H and O–H groups in total. The Bertz CT molecular complexity index is 922. The maximum absolute atomic E-state index is 14.7. The summed E-state index contributed by atoms with van der Waals surface area (Å²) in [6, 6.07) is 3.05. The second kappa shape index (κ2) is 8.90. The molecular weight excluding hydrogens is 452 g/mol. The minimum Gasteiger partial charge on any atom is -0.312 e. The van der Waals surface area contributed by atoms with E-state index in [2.05, 4.69) is 17.1 Å². The zero-order valence-electron chi connectivity index (χ0n) is 17.5. The predicted molar refractivity (Wildman–Crippen MR) is 120 cm³/mol. The standard InChI is InChI=1S/C20H28FN3O3S.2ClH/c1-13-10-23(7-6-22-13)11-19(25)24-12-20(2,3)15-8-16(21)18(9-17(15)24)28(26,27)14-4-5-14;;/h8-9,13-14,22H,4-7,10-12H2,1-3H3;2*1H/t13-;;/m1../s1. The fourth-order valence-electron chi connectivity index (χ4n) is 4.30. The molecule has 6 nitrogen and oxygen atoms in total. The maximum atomic E-state index is 14.7. The lowest BCUT2D eigenvalue weighted by Crippen LogP contribution is -2.52. The summed E-state index contributed by atoms with van der Waals surface area (Å²) < 4.78 is 40.0. The van der Waals surface area contributed by atoms with Crippen LogP contribution in [0.2, 0.25) is 0 Å². The van der Waals surface area contributed by atoms with Gasteiger partial charge in [-0.05, 0) is 37.5 Å². The molecule has 2 heterocycles. The van der Waals surface area contributed by atoms with Crippen molar-refractivity contribution in [3.05, 3.63) is 23.5 Å². The zero-order valence-corrected chi connectivity index (χ0v) is 19.9. The van der Waals surface area contributed by atoms with Crippen LogP contribution in [0, 0.1) is 5.82 Å². The number of anilines is 1. The van der Waals surface area contributed by atoms with E-state index in [9.17, 15) is 17.6 Å². The monoisotopic (exact) mass is 481 g/mol. The highest BCUT2D eigenvalue weighted by atomic mass is 35.5. The summed E-state index contributed by atoms with van der Waals surface area (Å²) in [6.07, 6.45) is 1.16. The van der Waals surface area contributed by atoms with Crippen molar-refractivity contribution in [2.75, 3.05) is 37.6 Å². The second-order valence-electron chi connectivity index (χ2n) is 9.00. The average Bonchev–Trinajstić information content (AvgIpc) is 3.42. The van der Waals surface area contributed by atoms with Gasteiger partial charge in [-0.3, -0.25) is 9.69 Å². The molecule has 1 atom stereocenters. The Morgan fingerprint density at radius 2 is 1.93 bits per heavy atom. The summed E-state index contributed by atoms with van der Waals surface area (Å²) in [4.78, 5) is 16.6. The van der Waals surface area contributed by atoms with E-state index in [4.69, 9.17) is 0 Å². The van der Waals surface area contributed by atoms with E-state index < -0.39 is 26.3 Å². The van der Waals surface area contributed by atoms with E-state index in [-0.39, 0.29) is 42.2 Å². The van der Waals surface area contributed by atoms with Crippen LogP contribution in [0.15, 0.2) is 17.0 Å². The van der Waals surface area contributed by atoms with Crippen molar-refractivity contribution in [3.63, 3.8) is 0 Å². The molecule has 30 heavy (non-hydrogen) atoms. The van der Waals surface area contributed by atoms with Crippen LogP contribution in [-0.2, 0) is 20.0 Å². The first-order chi connectivity index (χ1) is 13.1. The number of hydrogen-bond donors (Lipinski definition) is 1. The summed E-state index contributed by atoms with van der Waals surface area (Å²) in [5.41, 5.74) is 0.811. The lowest BCUT2D eigenvalue weighted by molar-refractivity contribution is -0.120. The van der Waals surface area contributed by atoms with Gasteiger partial charge in [-0.1, -0.05) is 13.8 Å². The Labute approximate surface area is 190 Å². The fraction of sp³-hybridized carbons (Fsp3) is 0.650. The Hall–Kier alpha value is -0.930. The van der Waals surface area contributed by atoms with Crippen molar-refractivity contribution in [3.8, 4) is 0 Å². The number of nitrogens with one attached hydrogen (secondary N) is 1. The van der Waals surface area contributed by atoms with Gasteiger partial charge < -0.3 is 10.2 Å². The maximum Gasteiger partial charge on any atom is 0.241 e. The van der Waals surface area contributed by atoms with Crippen molar-refractivity contribution in [2.45, 2.75) is 55.2 Å². The molecule has 0 radical (unpaired) electrons. The molecule has 4 rings (SSSR count). The van der Waals surface area contributed by atoms with E-state index in [1.165, 1.54) is 12.1 Å². The predicted octanol–water partition coefficient (Wildman–Crippen LogP) is 2.52. The minimum atomic E-state index is -3.67. The largest absolute Gasteiger partial charge is 0.312 e. The van der Waals surface area contributed by atoms with Gasteiger partial charge in [0.05, 0.1) is 11.8 Å². The molecule has 2 aliphatic heterocycles. The summed E-state index contributed by atoms with van der Waals surface area (Å²) in [5.74, 6) is -0.772. The van der Waals surface area contributed by atoms with Gasteiger partial charge >= 0.3 is 0 Å². The number of carbonyl (C=O) groups is 1. The summed E-state index contributed by atoms with van der Waals surface area (Å²) >= 11 is 0. The topological polar surface area (TPSA) is 69.7 Å². The Morgan fingerprint density at radius 3 is 2.53 bits per heavy atom. The molecule has 1 amide bonds. The summed E-state index contributed by atoms with van der Waals surface area (Å²) in [6.45, 7) is 9.14. The highest BCUT2D eigenvalue weighted by Crippen LogP contribution is 2.44. The van der Waals surface area contributed by atoms with E-state index in [1.54, 1.807) is 4.90 Å². The molecule has 3 aliphatic rings. The number of carbonyl (C=O) groups excluding carboxylic acids is 1. The first-order valence-corrected chi connectivity index (χ1v) is 11.5. The minimum absolute atomic E-state index is 0. The van der Waals surface area contributed by atoms with Crippen LogP contribution >= 0.6 is 24.8 Å². The molecule has 10 heteroatoms. The third-order valence-electron chi connectivity index (χ3n) is 6.01. The van der Waals surface area contributed by atoms with Crippen LogP contribution in [-0.4, -0.2) is 63.2 Å². The van der Waals surface area contributed by atoms with Gasteiger partial charge in [0.2, 0.25) is 5.91 Å². The highest BCUT2D eigenvalue weighted by Gasteiger charge is 2.43. The fourth-order valence-corrected chi connectivity index (χ4v) is 6.03. The van der Waals surface area contributed by atoms with E-state index >= 15 is 0 Å². The number of nitrogens with zero attached hydrogens (tertiary/aromatic N) is 2. The zero-order chi connectivity index (χ0) is 20.3. The van der Waals surface area contributed by atoms with E-state index in [0.717, 1.165) is 19.6 Å². The van der Waals surface area contributed by atoms with Gasteiger partial charge in [-0.15, -0.1) is 24.8 Å². The number of sulfone groups is 1. The summed E-state index contributed by atoms with van der Waals surface area (Å²) in [7, 11) is -3.67. The van der Waals surface area contributed by atoms with Crippen molar-refractivity contribution >= 4 is 46.2 Å². The van der Waals surface area contributed by atoms with Crippen molar-refractivity contribution in [1.82, 2.24) is 10.2 Å². The number of rotatable bonds is 4. The van der Waals surface area contributed by atoms with Gasteiger partial charge in [0.25, 0.3) is 0 Å². The molecular formula is C20H30Cl2FN3O3S. The first-order valence-electron chi connectivity index (χ1n) is 9.93. The van der Waals surface area contributed by atoms with Gasteiger partial charge in [-0.2, -0.15) is 0 Å². The Balaban J connectivity index is 0.00000160. The molecule has 2 fully saturated rings. The van der Waals surface area contributed by atoms with Gasteiger partial charge in [0, 0.05) is 43.3 Å². The molecule has 0 bridgehead atoms. The van der Waals surface area contributed by atoms with Crippen molar-refractivity contribution < 1.29 is 17.6 Å². The number of halogens is 3. The number of benzene rings is 1. The average molecular weight is 482 g/mol. The number of hydrogen-bond acceptors (Lipinski definition) is 5. The molecule has 1 saturated carbocycles. The van der Waals surface area contributed by atoms with E-state index in [1.807, 2.05) is 13.8 Å². The van der Waals surface area contributed by atoms with Crippen LogP contribution in [0.5, 0.6) is 0 Å². The number of amides is 1. The number of fused-ring (bicyclic) bond motifs is 1. The second-order valence-corrected chi connectivity index (χ2v) is 11.2. The van der Waals surface area contributed by atoms with Gasteiger partial charge in [-0.25, -0.2) is 12.8 Å². The van der Waals surface area contributed by atoms with Gasteiger partial charge in [0.1, 0.15) is 10.7 Å². The van der Waals surface area contributed by atoms with Crippen molar-refractivity contribution in [2.24, 2.45) is 0 Å². The van der Waals surface area contributed by atoms with Crippen LogP contribution in [0.3, 0.4) is 0 Å². The smallest absolute Gasteiger partial charge is 0.241 e. The third kappa shape index (κ3) is 4.63. The normalized spacial score (nSPS) is 23.3. The lowest BCUT2D eigenvalue weighted by Gasteiger charge is -2.32. The van der Waals surface area contributed by atoms with Crippen LogP contribution in [0.4, 0.5) is 10.1 Å². The Kier molecular flexibility index (Phi) is 7.52. The highest BCUT2D eigenvalue weighted by molar-refractivity contribution is 7.92. The van der Waals surface area contributed by atoms with Crippen LogP contribution < -0.4 is 10.2 Å². The lowest BCUT2D eigenvalue weighted by atomic mass is 9.87. The van der Waals surface area contributed by atoms with Gasteiger partial charge in [0.15, 0.2) is 9.84 Å². The molecule has 1 saturated heterocycles. The molecule has 0 spiro atoms. The quantitative estimate of drug-likeness (QED) is 0.715. The molecule has 1 aromatic rings. The molecule has 1 aromatic carbocycles. The molecule has 1 aliphatic carbocycles. The first kappa shape index (κ1) is 25.3. The molecule has 170 valence electrons. The molecule has 0 unspecified atom stereocenters. The van der Waals surface area contributed by atoms with Crippen LogP contribution in [0.25, 0.3) is 0 Å². The van der Waals surface area contributed by atoms with Crippen molar-refractivity contribution in [1.29, 1.82) is 0 Å². The SMILES string of the molecule is C[C@@H]1CN(CC(=O)N2CC(C)(C)c3cc(F)c(S(=O)(=O)C4CC4)cc32)CCN1.Cl.Cl. The summed E-state index contributed by atoms with van der Waals surface area (Å²) in [5, 5.41) is 2.87. The van der Waals surface area contributed by atoms with E-state index in [0.29, 0.717) is 36.7 Å². The molecule has 0 aromatic heterocycles. The Morgan fingerprint density at radius 1 is 1.27 bits per heavy atom.